The average Bonchev–Trinajstić information content (AvgIpc) is 3.09. The van der Waals surface area contributed by atoms with Crippen LogP contribution >= 0.6 is 11.6 Å². The summed E-state index contributed by atoms with van der Waals surface area (Å²) in [5, 5.41) is 10.3. The number of rotatable bonds is 4. The number of halogens is 1. The van der Waals surface area contributed by atoms with Gasteiger partial charge in [0.2, 0.25) is 0 Å². The smallest absolute Gasteiger partial charge is 0.267 e. The Bertz CT molecular complexity index is 1100. The van der Waals surface area contributed by atoms with Crippen LogP contribution in [0.15, 0.2) is 53.6 Å². The van der Waals surface area contributed by atoms with E-state index in [-0.39, 0.29) is 0 Å². The van der Waals surface area contributed by atoms with Crippen LogP contribution in [0.2, 0.25) is 5.02 Å². The second kappa shape index (κ2) is 7.05. The monoisotopic (exact) mass is 392 g/mol. The van der Waals surface area contributed by atoms with Gasteiger partial charge in [-0.15, -0.1) is 0 Å². The molecule has 0 atom stereocenters. The molecule has 28 heavy (non-hydrogen) atoms. The van der Waals surface area contributed by atoms with E-state index in [1.54, 1.807) is 24.3 Å². The maximum absolute atomic E-state index is 12.4. The summed E-state index contributed by atoms with van der Waals surface area (Å²) in [7, 11) is 0. The molecular weight excluding hydrogens is 376 g/mol. The molecule has 1 aliphatic heterocycles. The van der Waals surface area contributed by atoms with Gasteiger partial charge in [0.25, 0.3) is 11.8 Å². The van der Waals surface area contributed by atoms with E-state index in [9.17, 15) is 9.59 Å². The van der Waals surface area contributed by atoms with E-state index >= 15 is 0 Å². The number of hydrogen-bond donors (Lipinski definition) is 0. The Morgan fingerprint density at radius 3 is 2.25 bits per heavy atom. The highest BCUT2D eigenvalue weighted by atomic mass is 35.5. The van der Waals surface area contributed by atoms with Gasteiger partial charge in [-0.1, -0.05) is 41.9 Å². The third-order valence-corrected chi connectivity index (χ3v) is 5.16. The first-order valence-electron chi connectivity index (χ1n) is 8.76. The quantitative estimate of drug-likeness (QED) is 0.500. The number of fused-ring (bicyclic) bond motifs is 1. The molecule has 0 saturated heterocycles. The number of hydrazone groups is 1. The van der Waals surface area contributed by atoms with Crippen molar-refractivity contribution < 1.29 is 9.59 Å². The first-order valence-corrected chi connectivity index (χ1v) is 9.14. The number of nitrogens with zero attached hydrogens (tertiary/aromatic N) is 4. The molecule has 2 amide bonds. The van der Waals surface area contributed by atoms with E-state index in [4.69, 9.17) is 11.6 Å². The lowest BCUT2D eigenvalue weighted by Crippen LogP contribution is -2.24. The van der Waals surface area contributed by atoms with Crippen molar-refractivity contribution in [2.75, 3.05) is 0 Å². The highest BCUT2D eigenvalue weighted by molar-refractivity contribution is 6.31. The molecule has 0 bridgehead atoms. The number of carbonyl (C=O) groups is 2. The van der Waals surface area contributed by atoms with Crippen molar-refractivity contribution in [3.05, 3.63) is 87.2 Å². The minimum Gasteiger partial charge on any atom is -0.267 e. The third-order valence-electron chi connectivity index (χ3n) is 4.79. The number of hydrogen-bond acceptors (Lipinski definition) is 4. The molecule has 2 heterocycles. The molecule has 1 aromatic heterocycles. The molecule has 1 aliphatic rings. The SMILES string of the molecule is Cc1nn(Cc2ccccc2Cl)c(C)c1C=NN1C(=O)c2ccccc2C1=O. The second-order valence-corrected chi connectivity index (χ2v) is 6.95. The lowest BCUT2D eigenvalue weighted by atomic mass is 10.1. The molecule has 0 radical (unpaired) electrons. The Morgan fingerprint density at radius 1 is 1.00 bits per heavy atom. The Balaban J connectivity index is 1.61. The second-order valence-electron chi connectivity index (χ2n) is 6.55. The number of aromatic nitrogens is 2. The lowest BCUT2D eigenvalue weighted by molar-refractivity contribution is 0.0660. The van der Waals surface area contributed by atoms with Gasteiger partial charge in [0.1, 0.15) is 0 Å². The molecule has 2 aromatic carbocycles. The molecule has 0 unspecified atom stereocenters. The van der Waals surface area contributed by atoms with E-state index in [0.717, 1.165) is 27.5 Å². The van der Waals surface area contributed by atoms with Gasteiger partial charge in [0.05, 0.1) is 29.6 Å². The minimum atomic E-state index is -0.421. The maximum Gasteiger partial charge on any atom is 0.282 e. The standard InChI is InChI=1S/C21H17ClN4O2/c1-13-18(14(2)25(24-13)12-15-7-3-6-10-19(15)22)11-23-26-20(27)16-8-4-5-9-17(16)21(26)28/h3-11H,12H2,1-2H3. The molecule has 0 saturated carbocycles. The number of benzene rings is 2. The van der Waals surface area contributed by atoms with Crippen molar-refractivity contribution in [1.82, 2.24) is 14.8 Å². The van der Waals surface area contributed by atoms with Crippen LogP contribution in [0.25, 0.3) is 0 Å². The van der Waals surface area contributed by atoms with Crippen LogP contribution in [0, 0.1) is 13.8 Å². The summed E-state index contributed by atoms with van der Waals surface area (Å²) in [6.07, 6.45) is 1.52. The summed E-state index contributed by atoms with van der Waals surface area (Å²) in [6, 6.07) is 14.3. The Labute approximate surface area is 167 Å². The molecular formula is C21H17ClN4O2. The number of aryl methyl sites for hydroxylation is 1. The zero-order valence-corrected chi connectivity index (χ0v) is 16.1. The zero-order valence-electron chi connectivity index (χ0n) is 15.4. The van der Waals surface area contributed by atoms with E-state index in [1.807, 2.05) is 42.8 Å². The van der Waals surface area contributed by atoms with Gasteiger partial charge in [-0.05, 0) is 37.6 Å². The molecule has 4 rings (SSSR count). The van der Waals surface area contributed by atoms with Crippen LogP contribution < -0.4 is 0 Å². The predicted octanol–water partition coefficient (Wildman–Crippen LogP) is 3.83. The summed E-state index contributed by atoms with van der Waals surface area (Å²) >= 11 is 6.25. The summed E-state index contributed by atoms with van der Waals surface area (Å²) < 4.78 is 1.83. The average molecular weight is 393 g/mol. The van der Waals surface area contributed by atoms with Crippen molar-refractivity contribution >= 4 is 29.6 Å². The molecule has 140 valence electrons. The van der Waals surface area contributed by atoms with Gasteiger partial charge in [-0.3, -0.25) is 14.3 Å². The van der Waals surface area contributed by atoms with E-state index < -0.39 is 11.8 Å². The maximum atomic E-state index is 12.4. The van der Waals surface area contributed by atoms with Crippen LogP contribution in [0.1, 0.15) is 43.2 Å². The Kier molecular flexibility index (Phi) is 4.57. The van der Waals surface area contributed by atoms with Gasteiger partial charge < -0.3 is 0 Å². The first kappa shape index (κ1) is 18.1. The van der Waals surface area contributed by atoms with Gasteiger partial charge in [-0.2, -0.15) is 15.2 Å². The summed E-state index contributed by atoms with van der Waals surface area (Å²) in [5.74, 6) is -0.841. The summed E-state index contributed by atoms with van der Waals surface area (Å²) in [4.78, 5) is 24.9. The molecule has 7 heteroatoms. The minimum absolute atomic E-state index is 0.368. The molecule has 6 nitrogen and oxygen atoms in total. The van der Waals surface area contributed by atoms with Gasteiger partial charge in [-0.25, -0.2) is 0 Å². The van der Waals surface area contributed by atoms with Gasteiger partial charge >= 0.3 is 0 Å². The molecule has 0 spiro atoms. The van der Waals surface area contributed by atoms with E-state index in [0.29, 0.717) is 22.7 Å². The highest BCUT2D eigenvalue weighted by Crippen LogP contribution is 2.23. The van der Waals surface area contributed by atoms with Crippen LogP contribution in [0.4, 0.5) is 0 Å². The third kappa shape index (κ3) is 3.01. The van der Waals surface area contributed by atoms with Crippen molar-refractivity contribution in [3.63, 3.8) is 0 Å². The Hall–Kier alpha value is -3.25. The van der Waals surface area contributed by atoms with Crippen molar-refractivity contribution in [1.29, 1.82) is 0 Å². The first-order chi connectivity index (χ1) is 13.5. The van der Waals surface area contributed by atoms with Crippen LogP contribution in [0.5, 0.6) is 0 Å². The number of amides is 2. The Morgan fingerprint density at radius 2 is 1.61 bits per heavy atom. The molecule has 0 fully saturated rings. The van der Waals surface area contributed by atoms with Crippen molar-refractivity contribution in [2.24, 2.45) is 5.10 Å². The fourth-order valence-electron chi connectivity index (χ4n) is 3.24. The van der Waals surface area contributed by atoms with E-state index in [1.165, 1.54) is 6.21 Å². The largest absolute Gasteiger partial charge is 0.282 e. The topological polar surface area (TPSA) is 67.6 Å². The lowest BCUT2D eigenvalue weighted by Gasteiger charge is -2.07. The van der Waals surface area contributed by atoms with Crippen molar-refractivity contribution in [3.8, 4) is 0 Å². The predicted molar refractivity (Wildman–Crippen MR) is 107 cm³/mol. The highest BCUT2D eigenvalue weighted by Gasteiger charge is 2.35. The molecule has 0 N–H and O–H groups in total. The number of imide groups is 1. The summed E-state index contributed by atoms with van der Waals surface area (Å²) in [5.41, 5.74) is 4.09. The number of carbonyl (C=O) groups excluding carboxylic acids is 2. The summed E-state index contributed by atoms with van der Waals surface area (Å²) in [6.45, 7) is 4.30. The fraction of sp³-hybridized carbons (Fsp3) is 0.143. The van der Waals surface area contributed by atoms with E-state index in [2.05, 4.69) is 10.2 Å². The van der Waals surface area contributed by atoms with Crippen LogP contribution in [-0.2, 0) is 6.54 Å². The molecule has 3 aromatic rings. The van der Waals surface area contributed by atoms with Crippen LogP contribution in [-0.4, -0.2) is 32.8 Å². The van der Waals surface area contributed by atoms with Crippen molar-refractivity contribution in [2.45, 2.75) is 20.4 Å². The van der Waals surface area contributed by atoms with Crippen LogP contribution in [0.3, 0.4) is 0 Å². The van der Waals surface area contributed by atoms with Gasteiger partial charge in [0, 0.05) is 16.3 Å². The normalized spacial score (nSPS) is 13.6. The molecule has 0 aliphatic carbocycles. The fourth-order valence-corrected chi connectivity index (χ4v) is 3.43. The van der Waals surface area contributed by atoms with Gasteiger partial charge in [0.15, 0.2) is 0 Å². The zero-order chi connectivity index (χ0) is 19.8.